The van der Waals surface area contributed by atoms with E-state index in [9.17, 15) is 0 Å². The second-order valence-electron chi connectivity index (χ2n) is 5.22. The topological polar surface area (TPSA) is 115 Å². The Morgan fingerprint density at radius 3 is 2.70 bits per heavy atom. The van der Waals surface area contributed by atoms with Gasteiger partial charge in [-0.15, -0.1) is 5.10 Å². The molecule has 6 nitrogen and oxygen atoms in total. The van der Waals surface area contributed by atoms with Crippen LogP contribution >= 0.6 is 0 Å². The lowest BCUT2D eigenvalue weighted by atomic mass is 9.84. The molecule has 0 heterocycles. The highest BCUT2D eigenvalue weighted by molar-refractivity contribution is 5.81. The third-order valence-electron chi connectivity index (χ3n) is 3.51. The maximum atomic E-state index is 5.81. The van der Waals surface area contributed by atoms with Gasteiger partial charge in [-0.3, -0.25) is 0 Å². The van der Waals surface area contributed by atoms with Gasteiger partial charge < -0.3 is 17.2 Å². The van der Waals surface area contributed by atoms with Crippen molar-refractivity contribution in [3.8, 4) is 0 Å². The summed E-state index contributed by atoms with van der Waals surface area (Å²) in [6.07, 6.45) is 3.20. The van der Waals surface area contributed by atoms with Crippen LogP contribution in [0.1, 0.15) is 41.1 Å². The molecule has 0 saturated heterocycles. The number of nitrogens with zero attached hydrogens (tertiary/aromatic N) is 2. The van der Waals surface area contributed by atoms with Gasteiger partial charge in [-0.25, -0.2) is 10.4 Å². The molecule has 0 amide bonds. The average Bonchev–Trinajstić information content (AvgIpc) is 2.37. The van der Waals surface area contributed by atoms with Crippen molar-refractivity contribution in [2.45, 2.75) is 39.2 Å². The lowest BCUT2D eigenvalue weighted by Gasteiger charge is -2.25. The first-order chi connectivity index (χ1) is 9.47. The zero-order chi connectivity index (χ0) is 14.7. The van der Waals surface area contributed by atoms with Gasteiger partial charge in [0.05, 0.1) is 6.04 Å². The summed E-state index contributed by atoms with van der Waals surface area (Å²) < 4.78 is 0. The molecule has 1 unspecified atom stereocenters. The lowest BCUT2D eigenvalue weighted by Crippen LogP contribution is -2.33. The molecule has 0 fully saturated rings. The number of rotatable bonds is 2. The Morgan fingerprint density at radius 2 is 2.00 bits per heavy atom. The molecule has 0 spiro atoms. The second kappa shape index (κ2) is 5.81. The van der Waals surface area contributed by atoms with E-state index in [1.165, 1.54) is 22.3 Å². The number of guanidine groups is 2. The van der Waals surface area contributed by atoms with Crippen molar-refractivity contribution in [3.05, 3.63) is 34.4 Å². The highest BCUT2D eigenvalue weighted by Crippen LogP contribution is 2.35. The number of fused-ring (bicyclic) bond motifs is 1. The van der Waals surface area contributed by atoms with E-state index >= 15 is 0 Å². The molecule has 2 rings (SSSR count). The van der Waals surface area contributed by atoms with E-state index in [0.29, 0.717) is 0 Å². The van der Waals surface area contributed by atoms with Crippen molar-refractivity contribution >= 4 is 11.9 Å². The monoisotopic (exact) mass is 274 g/mol. The van der Waals surface area contributed by atoms with Crippen LogP contribution in [0, 0.1) is 13.8 Å². The van der Waals surface area contributed by atoms with Crippen LogP contribution in [-0.4, -0.2) is 11.9 Å². The fraction of sp³-hybridized carbons (Fsp3) is 0.429. The number of nitrogens with two attached hydrogens (primary N) is 3. The Balaban J connectivity index is 2.28. The van der Waals surface area contributed by atoms with Crippen LogP contribution in [0.25, 0.3) is 0 Å². The molecule has 108 valence electrons. The molecule has 0 bridgehead atoms. The van der Waals surface area contributed by atoms with Crippen LogP contribution in [0.15, 0.2) is 22.2 Å². The summed E-state index contributed by atoms with van der Waals surface area (Å²) in [5, 5.41) is 3.65. The lowest BCUT2D eigenvalue weighted by molar-refractivity contribution is 0.567. The number of hydrogen-bond acceptors (Lipinski definition) is 2. The molecule has 20 heavy (non-hydrogen) atoms. The third kappa shape index (κ3) is 3.20. The Bertz CT molecular complexity index is 557. The average molecular weight is 274 g/mol. The fourth-order valence-corrected chi connectivity index (χ4v) is 2.75. The molecule has 1 aromatic rings. The van der Waals surface area contributed by atoms with Crippen LogP contribution in [0.5, 0.6) is 0 Å². The van der Waals surface area contributed by atoms with Gasteiger partial charge in [0.1, 0.15) is 0 Å². The van der Waals surface area contributed by atoms with Crippen molar-refractivity contribution in [2.75, 3.05) is 0 Å². The Labute approximate surface area is 119 Å². The van der Waals surface area contributed by atoms with Gasteiger partial charge in [-0.05, 0) is 49.8 Å². The maximum absolute atomic E-state index is 5.81. The molecular weight excluding hydrogens is 252 g/mol. The second-order valence-corrected chi connectivity index (χ2v) is 5.22. The predicted octanol–water partition coefficient (Wildman–Crippen LogP) is 0.774. The number of hydrogen-bond donors (Lipinski definition) is 4. The number of aliphatic imine (C=N–C) groups is 1. The third-order valence-corrected chi connectivity index (χ3v) is 3.51. The van der Waals surface area contributed by atoms with Gasteiger partial charge in [0.2, 0.25) is 11.9 Å². The van der Waals surface area contributed by atoms with Crippen molar-refractivity contribution in [1.29, 1.82) is 0 Å². The van der Waals surface area contributed by atoms with E-state index in [1.54, 1.807) is 0 Å². The first kappa shape index (κ1) is 14.2. The van der Waals surface area contributed by atoms with Gasteiger partial charge in [-0.2, -0.15) is 0 Å². The van der Waals surface area contributed by atoms with Gasteiger partial charge in [0.25, 0.3) is 0 Å². The Kier molecular flexibility index (Phi) is 4.12. The first-order valence-corrected chi connectivity index (χ1v) is 6.75. The minimum atomic E-state index is -0.0705. The van der Waals surface area contributed by atoms with Crippen LogP contribution in [0.4, 0.5) is 0 Å². The van der Waals surface area contributed by atoms with Crippen molar-refractivity contribution in [3.63, 3.8) is 0 Å². The molecule has 1 aliphatic carbocycles. The zero-order valence-electron chi connectivity index (χ0n) is 12.0. The summed E-state index contributed by atoms with van der Waals surface area (Å²) in [5.74, 6) is 0.161. The van der Waals surface area contributed by atoms with Crippen molar-refractivity contribution in [2.24, 2.45) is 27.3 Å². The normalized spacial score (nSPS) is 18.3. The molecule has 1 aliphatic rings. The summed E-state index contributed by atoms with van der Waals surface area (Å²) in [4.78, 5) is 4.50. The largest absolute Gasteiger partial charge is 0.369 e. The van der Waals surface area contributed by atoms with Crippen LogP contribution in [0.2, 0.25) is 0 Å². The summed E-state index contributed by atoms with van der Waals surface area (Å²) in [7, 11) is 0. The summed E-state index contributed by atoms with van der Waals surface area (Å²) >= 11 is 0. The fourth-order valence-electron chi connectivity index (χ4n) is 2.75. The van der Waals surface area contributed by atoms with Crippen LogP contribution in [-0.2, 0) is 6.42 Å². The molecule has 0 saturated carbocycles. The predicted molar refractivity (Wildman–Crippen MR) is 82.2 cm³/mol. The molecule has 0 aromatic heterocycles. The quantitative estimate of drug-likeness (QED) is 0.362. The Hall–Kier alpha value is -2.24. The number of hydrazone groups is 1. The van der Waals surface area contributed by atoms with Gasteiger partial charge in [0.15, 0.2) is 0 Å². The molecule has 7 N–H and O–H groups in total. The van der Waals surface area contributed by atoms with E-state index < -0.39 is 0 Å². The molecule has 0 radical (unpaired) electrons. The molecular formula is C14H22N6. The molecule has 1 atom stereocenters. The Morgan fingerprint density at radius 1 is 1.25 bits per heavy atom. The molecule has 0 aliphatic heterocycles. The van der Waals surface area contributed by atoms with Crippen LogP contribution in [0.3, 0.4) is 0 Å². The van der Waals surface area contributed by atoms with Crippen molar-refractivity contribution in [1.82, 2.24) is 5.43 Å². The molecule has 1 aromatic carbocycles. The van der Waals surface area contributed by atoms with E-state index in [-0.39, 0.29) is 18.0 Å². The number of aryl methyl sites for hydroxylation is 2. The van der Waals surface area contributed by atoms with E-state index in [0.717, 1.165) is 19.3 Å². The van der Waals surface area contributed by atoms with Gasteiger partial charge in [0, 0.05) is 0 Å². The van der Waals surface area contributed by atoms with Gasteiger partial charge in [-0.1, -0.05) is 17.7 Å². The van der Waals surface area contributed by atoms with E-state index in [4.69, 9.17) is 17.2 Å². The summed E-state index contributed by atoms with van der Waals surface area (Å²) in [5.41, 5.74) is 24.1. The first-order valence-electron chi connectivity index (χ1n) is 6.75. The molecule has 6 heteroatoms. The standard InChI is InChI=1S/C14H22N6/c1-8-6-9(2)10-4-3-5-12(11(10)7-8)18-14(17)20-19-13(15)16/h6-7,12H,3-5H2,1-2H3,(H4,15,16,19)(H3,17,18,20). The number of nitrogens with one attached hydrogen (secondary N) is 1. The van der Waals surface area contributed by atoms with Gasteiger partial charge >= 0.3 is 0 Å². The SMILES string of the molecule is Cc1cc(C)c2c(c1)C(N=C(N)NN=C(N)N)CCC2. The van der Waals surface area contributed by atoms with Crippen molar-refractivity contribution < 1.29 is 0 Å². The zero-order valence-corrected chi connectivity index (χ0v) is 12.0. The summed E-state index contributed by atoms with van der Waals surface area (Å²) in [6, 6.07) is 4.48. The number of benzene rings is 1. The van der Waals surface area contributed by atoms with E-state index in [2.05, 4.69) is 41.5 Å². The van der Waals surface area contributed by atoms with Crippen LogP contribution < -0.4 is 22.6 Å². The highest BCUT2D eigenvalue weighted by Gasteiger charge is 2.21. The summed E-state index contributed by atoms with van der Waals surface area (Å²) in [6.45, 7) is 4.25. The maximum Gasteiger partial charge on any atom is 0.210 e. The minimum Gasteiger partial charge on any atom is -0.369 e. The highest BCUT2D eigenvalue weighted by atomic mass is 15.4. The smallest absolute Gasteiger partial charge is 0.210 e. The van der Waals surface area contributed by atoms with E-state index in [1.807, 2.05) is 0 Å². The minimum absolute atomic E-state index is 0.0686.